The lowest BCUT2D eigenvalue weighted by atomic mass is 9.67. The molecule has 1 N–H and O–H groups in total. The van der Waals surface area contributed by atoms with Gasteiger partial charge in [0.05, 0.1) is 32.3 Å². The lowest BCUT2D eigenvalue weighted by molar-refractivity contribution is -0.164. The van der Waals surface area contributed by atoms with Crippen LogP contribution in [-0.4, -0.2) is 43.3 Å². The van der Waals surface area contributed by atoms with Crippen LogP contribution in [0, 0.1) is 5.92 Å². The van der Waals surface area contributed by atoms with Crippen LogP contribution in [0.2, 0.25) is 0 Å². The summed E-state index contributed by atoms with van der Waals surface area (Å²) in [5, 5.41) is 10.7. The number of ether oxygens (including phenoxy) is 3. The molecule has 0 radical (unpaired) electrons. The van der Waals surface area contributed by atoms with Gasteiger partial charge in [0.2, 0.25) is 0 Å². The van der Waals surface area contributed by atoms with Crippen molar-refractivity contribution >= 4 is 11.8 Å². The highest BCUT2D eigenvalue weighted by Crippen LogP contribution is 2.44. The van der Waals surface area contributed by atoms with E-state index in [4.69, 9.17) is 14.2 Å². The second-order valence-corrected chi connectivity index (χ2v) is 6.23. The van der Waals surface area contributed by atoms with Crippen LogP contribution in [0.1, 0.15) is 38.2 Å². The van der Waals surface area contributed by atoms with E-state index in [0.29, 0.717) is 11.5 Å². The van der Waals surface area contributed by atoms with Crippen molar-refractivity contribution < 1.29 is 28.9 Å². The molecule has 0 aromatic heterocycles. The summed E-state index contributed by atoms with van der Waals surface area (Å²) in [4.78, 5) is 24.5. The van der Waals surface area contributed by atoms with Crippen LogP contribution in [0.4, 0.5) is 0 Å². The first-order chi connectivity index (χ1) is 11.3. The maximum atomic E-state index is 12.4. The molecule has 0 heterocycles. The second kappa shape index (κ2) is 7.21. The highest BCUT2D eigenvalue weighted by atomic mass is 16.5. The molecule has 6 heteroatoms. The number of hydrogen-bond acceptors (Lipinski definition) is 6. The van der Waals surface area contributed by atoms with E-state index in [9.17, 15) is 14.7 Å². The molecule has 0 saturated heterocycles. The average molecular weight is 336 g/mol. The van der Waals surface area contributed by atoms with Gasteiger partial charge in [0, 0.05) is 18.8 Å². The summed E-state index contributed by atoms with van der Waals surface area (Å²) in [7, 11) is 3.06. The predicted octanol–water partition coefficient (Wildman–Crippen LogP) is 2.08. The van der Waals surface area contributed by atoms with Crippen molar-refractivity contribution in [2.75, 3.05) is 20.8 Å². The number of methoxy groups -OCH3 is 2. The van der Waals surface area contributed by atoms with Crippen molar-refractivity contribution in [1.82, 2.24) is 0 Å². The van der Waals surface area contributed by atoms with Gasteiger partial charge >= 0.3 is 5.97 Å². The van der Waals surface area contributed by atoms with E-state index in [2.05, 4.69) is 0 Å². The molecule has 0 aliphatic heterocycles. The molecule has 1 aromatic carbocycles. The molecule has 0 spiro atoms. The molecule has 1 aromatic rings. The third-order valence-electron chi connectivity index (χ3n) is 4.45. The van der Waals surface area contributed by atoms with E-state index in [1.54, 1.807) is 25.1 Å². The molecule has 1 aliphatic rings. The van der Waals surface area contributed by atoms with Gasteiger partial charge in [0.15, 0.2) is 11.5 Å². The van der Waals surface area contributed by atoms with E-state index < -0.39 is 23.4 Å². The quantitative estimate of drug-likeness (QED) is 0.829. The number of Topliss-reactive ketones (excluding diaryl/α,β-unsaturated/α-hetero) is 1. The smallest absolute Gasteiger partial charge is 0.312 e. The lowest BCUT2D eigenvalue weighted by Gasteiger charge is -2.40. The van der Waals surface area contributed by atoms with Gasteiger partial charge < -0.3 is 19.3 Å². The van der Waals surface area contributed by atoms with Crippen LogP contribution in [0.5, 0.6) is 11.5 Å². The molecule has 6 nitrogen and oxygen atoms in total. The summed E-state index contributed by atoms with van der Waals surface area (Å²) in [5.74, 6) is -0.790. The highest BCUT2D eigenvalue weighted by Gasteiger charge is 2.49. The fourth-order valence-corrected chi connectivity index (χ4v) is 3.42. The maximum Gasteiger partial charge on any atom is 0.312 e. The Kier molecular flexibility index (Phi) is 5.49. The van der Waals surface area contributed by atoms with E-state index in [-0.39, 0.29) is 25.2 Å². The predicted molar refractivity (Wildman–Crippen MR) is 87.3 cm³/mol. The molecular weight excluding hydrogens is 312 g/mol. The number of ketones is 1. The number of hydrogen-bond donors (Lipinski definition) is 1. The summed E-state index contributed by atoms with van der Waals surface area (Å²) in [6, 6.07) is 5.25. The van der Waals surface area contributed by atoms with Crippen LogP contribution >= 0.6 is 0 Å². The lowest BCUT2D eigenvalue weighted by Crippen LogP contribution is -2.49. The van der Waals surface area contributed by atoms with Crippen LogP contribution in [0.15, 0.2) is 18.2 Å². The number of rotatable bonds is 5. The Morgan fingerprint density at radius 1 is 1.29 bits per heavy atom. The molecule has 1 saturated carbocycles. The van der Waals surface area contributed by atoms with Crippen molar-refractivity contribution in [3.63, 3.8) is 0 Å². The Morgan fingerprint density at radius 2 is 1.96 bits per heavy atom. The van der Waals surface area contributed by atoms with Crippen molar-refractivity contribution in [3.05, 3.63) is 23.8 Å². The number of benzene rings is 1. The Balaban J connectivity index is 2.46. The Labute approximate surface area is 141 Å². The summed E-state index contributed by atoms with van der Waals surface area (Å²) in [5.41, 5.74) is -0.710. The molecule has 1 fully saturated rings. The van der Waals surface area contributed by atoms with Gasteiger partial charge in [-0.15, -0.1) is 0 Å². The minimum atomic E-state index is -1.45. The molecular formula is C18H24O6. The summed E-state index contributed by atoms with van der Waals surface area (Å²) >= 11 is 0. The van der Waals surface area contributed by atoms with Gasteiger partial charge in [0.1, 0.15) is 5.78 Å². The van der Waals surface area contributed by atoms with Crippen molar-refractivity contribution in [2.24, 2.45) is 5.92 Å². The van der Waals surface area contributed by atoms with Crippen LogP contribution < -0.4 is 9.47 Å². The Morgan fingerprint density at radius 3 is 2.54 bits per heavy atom. The summed E-state index contributed by atoms with van der Waals surface area (Å²) in [6.07, 6.45) is 0.120. The molecule has 0 amide bonds. The topological polar surface area (TPSA) is 82.1 Å². The summed E-state index contributed by atoms with van der Waals surface area (Å²) < 4.78 is 15.7. The van der Waals surface area contributed by atoms with E-state index in [0.717, 1.165) is 5.56 Å². The largest absolute Gasteiger partial charge is 0.493 e. The second-order valence-electron chi connectivity index (χ2n) is 6.23. The zero-order chi connectivity index (χ0) is 17.9. The van der Waals surface area contributed by atoms with Crippen molar-refractivity contribution in [3.8, 4) is 11.5 Å². The van der Waals surface area contributed by atoms with Gasteiger partial charge in [-0.3, -0.25) is 9.59 Å². The third-order valence-corrected chi connectivity index (χ3v) is 4.45. The monoisotopic (exact) mass is 336 g/mol. The SMILES string of the molecule is CCOC(=O)[C@@H]1[C@H](c2ccc(OC)c(OC)c2)CC(=O)C[C@]1(C)O. The van der Waals surface area contributed by atoms with Gasteiger partial charge in [-0.1, -0.05) is 6.07 Å². The maximum absolute atomic E-state index is 12.4. The molecule has 2 rings (SSSR count). The zero-order valence-electron chi connectivity index (χ0n) is 14.5. The van der Waals surface area contributed by atoms with Crippen molar-refractivity contribution in [1.29, 1.82) is 0 Å². The van der Waals surface area contributed by atoms with Crippen LogP contribution in [0.25, 0.3) is 0 Å². The molecule has 24 heavy (non-hydrogen) atoms. The molecule has 3 atom stereocenters. The highest BCUT2D eigenvalue weighted by molar-refractivity contribution is 5.86. The van der Waals surface area contributed by atoms with Gasteiger partial charge in [0.25, 0.3) is 0 Å². The number of esters is 1. The first-order valence-electron chi connectivity index (χ1n) is 7.96. The standard InChI is InChI=1S/C18H24O6/c1-5-24-17(20)16-13(9-12(19)10-18(16,2)21)11-6-7-14(22-3)15(8-11)23-4/h6-8,13,16,21H,5,9-10H2,1-4H3/t13-,16-,18-/m0/s1. The van der Waals surface area contributed by atoms with E-state index in [1.807, 2.05) is 0 Å². The molecule has 0 bridgehead atoms. The number of carbonyl (C=O) groups is 2. The minimum Gasteiger partial charge on any atom is -0.493 e. The average Bonchev–Trinajstić information content (AvgIpc) is 2.52. The van der Waals surface area contributed by atoms with E-state index in [1.165, 1.54) is 21.1 Å². The molecule has 0 unspecified atom stereocenters. The fourth-order valence-electron chi connectivity index (χ4n) is 3.42. The van der Waals surface area contributed by atoms with Gasteiger partial charge in [-0.25, -0.2) is 0 Å². The fraction of sp³-hybridized carbons (Fsp3) is 0.556. The molecule has 1 aliphatic carbocycles. The van der Waals surface area contributed by atoms with Crippen LogP contribution in [-0.2, 0) is 14.3 Å². The zero-order valence-corrected chi connectivity index (χ0v) is 14.5. The van der Waals surface area contributed by atoms with Crippen LogP contribution in [0.3, 0.4) is 0 Å². The first-order valence-corrected chi connectivity index (χ1v) is 7.96. The Bertz CT molecular complexity index is 622. The number of aliphatic hydroxyl groups is 1. The minimum absolute atomic E-state index is 0.0553. The third kappa shape index (κ3) is 3.53. The van der Waals surface area contributed by atoms with E-state index >= 15 is 0 Å². The van der Waals surface area contributed by atoms with Crippen molar-refractivity contribution in [2.45, 2.75) is 38.2 Å². The first kappa shape index (κ1) is 18.3. The normalized spacial score (nSPS) is 26.8. The number of carbonyl (C=O) groups excluding carboxylic acids is 2. The van der Waals surface area contributed by atoms with Gasteiger partial charge in [-0.2, -0.15) is 0 Å². The van der Waals surface area contributed by atoms with Gasteiger partial charge in [-0.05, 0) is 31.5 Å². The Hall–Kier alpha value is -2.08. The summed E-state index contributed by atoms with van der Waals surface area (Å²) in [6.45, 7) is 3.45. The molecule has 132 valence electrons.